The van der Waals surface area contributed by atoms with Gasteiger partial charge in [0, 0.05) is 13.1 Å². The highest BCUT2D eigenvalue weighted by Crippen LogP contribution is 2.44. The molecule has 0 atom stereocenters. The molecule has 2 rings (SSSR count). The Labute approximate surface area is 62.4 Å². The summed E-state index contributed by atoms with van der Waals surface area (Å²) in [7, 11) is 0. The average Bonchev–Trinajstić information content (AvgIpc) is 2.46. The topological polar surface area (TPSA) is 29.3 Å². The van der Waals surface area contributed by atoms with E-state index in [1.54, 1.807) is 0 Å². The summed E-state index contributed by atoms with van der Waals surface area (Å²) in [6.45, 7) is 2.28. The SMILES string of the molecule is NN1CCC2(CCCC2)C1. The lowest BCUT2D eigenvalue weighted by atomic mass is 9.86. The van der Waals surface area contributed by atoms with Crippen LogP contribution >= 0.6 is 0 Å². The van der Waals surface area contributed by atoms with E-state index in [0.29, 0.717) is 5.41 Å². The molecule has 1 saturated carbocycles. The van der Waals surface area contributed by atoms with Gasteiger partial charge in [0.2, 0.25) is 0 Å². The van der Waals surface area contributed by atoms with Gasteiger partial charge in [0.05, 0.1) is 0 Å². The maximum Gasteiger partial charge on any atom is 0.0185 e. The van der Waals surface area contributed by atoms with Gasteiger partial charge in [-0.15, -0.1) is 0 Å². The van der Waals surface area contributed by atoms with Gasteiger partial charge >= 0.3 is 0 Å². The van der Waals surface area contributed by atoms with E-state index in [4.69, 9.17) is 5.84 Å². The summed E-state index contributed by atoms with van der Waals surface area (Å²) in [5, 5.41) is 1.99. The third kappa shape index (κ3) is 0.956. The molecule has 1 saturated heterocycles. The van der Waals surface area contributed by atoms with E-state index < -0.39 is 0 Å². The second kappa shape index (κ2) is 2.21. The monoisotopic (exact) mass is 140 g/mol. The van der Waals surface area contributed by atoms with Crippen LogP contribution in [0.3, 0.4) is 0 Å². The molecule has 1 heterocycles. The zero-order chi connectivity index (χ0) is 7.03. The average molecular weight is 140 g/mol. The molecule has 0 amide bonds. The Balaban J connectivity index is 2.03. The van der Waals surface area contributed by atoms with Gasteiger partial charge in [-0.3, -0.25) is 5.84 Å². The lowest BCUT2D eigenvalue weighted by molar-refractivity contribution is 0.266. The second-order valence-electron chi connectivity index (χ2n) is 3.93. The molecule has 0 bridgehead atoms. The van der Waals surface area contributed by atoms with E-state index >= 15 is 0 Å². The lowest BCUT2D eigenvalue weighted by Crippen LogP contribution is -2.30. The van der Waals surface area contributed by atoms with E-state index in [1.165, 1.54) is 32.1 Å². The Bertz CT molecular complexity index is 127. The van der Waals surface area contributed by atoms with Crippen molar-refractivity contribution in [2.24, 2.45) is 11.3 Å². The minimum Gasteiger partial charge on any atom is -0.269 e. The van der Waals surface area contributed by atoms with Crippen molar-refractivity contribution in [2.75, 3.05) is 13.1 Å². The van der Waals surface area contributed by atoms with Crippen LogP contribution in [0.1, 0.15) is 32.1 Å². The van der Waals surface area contributed by atoms with E-state index in [9.17, 15) is 0 Å². The Morgan fingerprint density at radius 2 is 1.80 bits per heavy atom. The number of hydrazine groups is 1. The van der Waals surface area contributed by atoms with Crippen molar-refractivity contribution in [3.8, 4) is 0 Å². The molecule has 1 aliphatic carbocycles. The number of hydrogen-bond acceptors (Lipinski definition) is 2. The second-order valence-corrected chi connectivity index (χ2v) is 3.93. The molecule has 0 radical (unpaired) electrons. The van der Waals surface area contributed by atoms with Crippen LogP contribution in [0.15, 0.2) is 0 Å². The summed E-state index contributed by atoms with van der Waals surface area (Å²) in [6, 6.07) is 0. The van der Waals surface area contributed by atoms with Gasteiger partial charge in [-0.2, -0.15) is 0 Å². The first-order valence-corrected chi connectivity index (χ1v) is 4.30. The fraction of sp³-hybridized carbons (Fsp3) is 1.00. The molecule has 2 nitrogen and oxygen atoms in total. The summed E-state index contributed by atoms with van der Waals surface area (Å²) in [6.07, 6.45) is 7.09. The van der Waals surface area contributed by atoms with Crippen molar-refractivity contribution >= 4 is 0 Å². The van der Waals surface area contributed by atoms with Crippen molar-refractivity contribution in [2.45, 2.75) is 32.1 Å². The normalized spacial score (nSPS) is 32.1. The van der Waals surface area contributed by atoms with Crippen LogP contribution in [0.2, 0.25) is 0 Å². The summed E-state index contributed by atoms with van der Waals surface area (Å²) in [5.74, 6) is 5.72. The molecule has 0 unspecified atom stereocenters. The molecular weight excluding hydrogens is 124 g/mol. The zero-order valence-electron chi connectivity index (χ0n) is 6.47. The smallest absolute Gasteiger partial charge is 0.0185 e. The fourth-order valence-electron chi connectivity index (χ4n) is 2.50. The molecule has 2 fully saturated rings. The highest BCUT2D eigenvalue weighted by molar-refractivity contribution is 4.91. The Morgan fingerprint density at radius 3 is 2.30 bits per heavy atom. The Morgan fingerprint density at radius 1 is 1.10 bits per heavy atom. The standard InChI is InChI=1S/C8H16N2/c9-10-6-5-8(7-10)3-1-2-4-8/h1-7,9H2. The zero-order valence-corrected chi connectivity index (χ0v) is 6.47. The molecule has 2 N–H and O–H groups in total. The molecule has 0 aromatic rings. The minimum absolute atomic E-state index is 0.661. The Kier molecular flexibility index (Phi) is 1.46. The maximum atomic E-state index is 5.72. The molecule has 10 heavy (non-hydrogen) atoms. The van der Waals surface area contributed by atoms with Crippen LogP contribution in [-0.2, 0) is 0 Å². The number of rotatable bonds is 0. The van der Waals surface area contributed by atoms with Gasteiger partial charge in [-0.05, 0) is 24.7 Å². The largest absolute Gasteiger partial charge is 0.269 e. The first-order valence-electron chi connectivity index (χ1n) is 4.30. The van der Waals surface area contributed by atoms with E-state index in [0.717, 1.165) is 13.1 Å². The van der Waals surface area contributed by atoms with Crippen molar-refractivity contribution < 1.29 is 0 Å². The molecule has 2 heteroatoms. The highest BCUT2D eigenvalue weighted by atomic mass is 15.4. The molecule has 2 aliphatic rings. The quantitative estimate of drug-likeness (QED) is 0.511. The van der Waals surface area contributed by atoms with Gasteiger partial charge in [0.25, 0.3) is 0 Å². The first kappa shape index (κ1) is 6.62. The predicted octanol–water partition coefficient (Wildman–Crippen LogP) is 1.13. The summed E-state index contributed by atoms with van der Waals surface area (Å²) in [5.41, 5.74) is 0.661. The molecular formula is C8H16N2. The van der Waals surface area contributed by atoms with Crippen molar-refractivity contribution in [3.63, 3.8) is 0 Å². The summed E-state index contributed by atoms with van der Waals surface area (Å²) in [4.78, 5) is 0. The third-order valence-corrected chi connectivity index (χ3v) is 3.13. The van der Waals surface area contributed by atoms with Crippen LogP contribution in [0.25, 0.3) is 0 Å². The predicted molar refractivity (Wildman–Crippen MR) is 41.3 cm³/mol. The first-order chi connectivity index (χ1) is 4.81. The van der Waals surface area contributed by atoms with Crippen LogP contribution in [0, 0.1) is 5.41 Å². The maximum absolute atomic E-state index is 5.72. The van der Waals surface area contributed by atoms with Gasteiger partial charge in [-0.25, -0.2) is 5.01 Å². The van der Waals surface area contributed by atoms with Crippen LogP contribution in [0.5, 0.6) is 0 Å². The van der Waals surface area contributed by atoms with Gasteiger partial charge in [0.1, 0.15) is 0 Å². The van der Waals surface area contributed by atoms with E-state index in [1.807, 2.05) is 5.01 Å². The lowest BCUT2D eigenvalue weighted by Gasteiger charge is -2.21. The van der Waals surface area contributed by atoms with Gasteiger partial charge < -0.3 is 0 Å². The number of nitrogens with zero attached hydrogens (tertiary/aromatic N) is 1. The van der Waals surface area contributed by atoms with Gasteiger partial charge in [-0.1, -0.05) is 12.8 Å². The highest BCUT2D eigenvalue weighted by Gasteiger charge is 2.38. The number of hydrogen-bond donors (Lipinski definition) is 1. The van der Waals surface area contributed by atoms with Crippen LogP contribution < -0.4 is 5.84 Å². The Hall–Kier alpha value is -0.0800. The minimum atomic E-state index is 0.661. The molecule has 58 valence electrons. The number of nitrogens with two attached hydrogens (primary N) is 1. The van der Waals surface area contributed by atoms with Gasteiger partial charge in [0.15, 0.2) is 0 Å². The van der Waals surface area contributed by atoms with E-state index in [2.05, 4.69) is 0 Å². The third-order valence-electron chi connectivity index (χ3n) is 3.13. The fourth-order valence-corrected chi connectivity index (χ4v) is 2.50. The van der Waals surface area contributed by atoms with Crippen LogP contribution in [-0.4, -0.2) is 18.1 Å². The molecule has 0 aromatic carbocycles. The molecule has 1 spiro atoms. The van der Waals surface area contributed by atoms with Crippen molar-refractivity contribution in [1.29, 1.82) is 0 Å². The molecule has 0 aromatic heterocycles. The summed E-state index contributed by atoms with van der Waals surface area (Å²) < 4.78 is 0. The van der Waals surface area contributed by atoms with E-state index in [-0.39, 0.29) is 0 Å². The van der Waals surface area contributed by atoms with Crippen molar-refractivity contribution in [3.05, 3.63) is 0 Å². The summed E-state index contributed by atoms with van der Waals surface area (Å²) >= 11 is 0. The molecule has 1 aliphatic heterocycles. The van der Waals surface area contributed by atoms with Crippen molar-refractivity contribution in [1.82, 2.24) is 5.01 Å². The van der Waals surface area contributed by atoms with Crippen LogP contribution in [0.4, 0.5) is 0 Å².